The molecule has 14 rings (SSSR count). The van der Waals surface area contributed by atoms with E-state index in [4.69, 9.17) is 50.9 Å². The van der Waals surface area contributed by atoms with E-state index in [1.807, 2.05) is 58.2 Å². The minimum absolute atomic E-state index is 0. The van der Waals surface area contributed by atoms with Gasteiger partial charge in [-0.3, -0.25) is 10.2 Å². The SMILES string of the molecule is CC(C)(C)Nc1cc(Br)c2sc(-c3ccnn3C3CCCCO3)cc2n1.COCCN.COCCNc1cc(N)nc2cc(-c3ccn[nH]3)sc12.COCCNc1cc(N)nc2cc(-c3ccn[nH]3)sc12.COCCNc1cc(NC(C)(C)C)nc2cc(-c3ccnn3C3CCCCO3)sc12.Cl. The monoisotopic (exact) mass is 1550 g/mol. The summed E-state index contributed by atoms with van der Waals surface area (Å²) >= 11 is 10.5. The van der Waals surface area contributed by atoms with Gasteiger partial charge in [-0.2, -0.15) is 20.4 Å². The van der Waals surface area contributed by atoms with Crippen LogP contribution in [0.2, 0.25) is 0 Å². The Balaban J connectivity index is 0.000000156. The van der Waals surface area contributed by atoms with Gasteiger partial charge in [0.15, 0.2) is 12.5 Å². The second kappa shape index (κ2) is 37.7. The number of fused-ring (bicyclic) bond motifs is 4. The number of aromatic amines is 2. The van der Waals surface area contributed by atoms with Crippen LogP contribution in [0.1, 0.15) is 92.5 Å². The summed E-state index contributed by atoms with van der Waals surface area (Å²) < 4.78 is 41.3. The lowest BCUT2D eigenvalue weighted by Gasteiger charge is -2.24. The van der Waals surface area contributed by atoms with Gasteiger partial charge in [0.1, 0.15) is 23.3 Å². The van der Waals surface area contributed by atoms with E-state index in [1.54, 1.807) is 86.2 Å². The molecule has 2 fully saturated rings. The molecule has 0 radical (unpaired) electrons. The number of thiophene rings is 4. The lowest BCUT2D eigenvalue weighted by molar-refractivity contribution is -0.0384. The highest BCUT2D eigenvalue weighted by molar-refractivity contribution is 9.10. The summed E-state index contributed by atoms with van der Waals surface area (Å²) in [6.07, 6.45) is 13.9. The van der Waals surface area contributed by atoms with Gasteiger partial charge in [0.2, 0.25) is 0 Å². The Morgan fingerprint density at radius 1 is 0.510 bits per heavy atom. The van der Waals surface area contributed by atoms with Crippen molar-refractivity contribution in [3.8, 4) is 42.3 Å². The van der Waals surface area contributed by atoms with Crippen LogP contribution in [0.4, 0.5) is 40.3 Å². The van der Waals surface area contributed by atoms with Gasteiger partial charge in [-0.15, -0.1) is 57.8 Å². The summed E-state index contributed by atoms with van der Waals surface area (Å²) in [4.78, 5) is 22.9. The summed E-state index contributed by atoms with van der Waals surface area (Å²) in [5.41, 5.74) is 27.6. The number of pyridine rings is 4. The molecular weight excluding hydrogens is 1460 g/mol. The van der Waals surface area contributed by atoms with Crippen molar-refractivity contribution in [3.05, 3.63) is 102 Å². The Kier molecular flexibility index (Phi) is 29.0. The number of hydrogen-bond donors (Lipinski definition) is 10. The van der Waals surface area contributed by atoms with Gasteiger partial charge in [0, 0.05) is 126 Å². The van der Waals surface area contributed by atoms with E-state index in [0.29, 0.717) is 44.6 Å². The molecule has 12 aromatic heterocycles. The number of H-pyrrole nitrogens is 2. The van der Waals surface area contributed by atoms with Crippen molar-refractivity contribution in [1.82, 2.24) is 59.9 Å². The van der Waals surface area contributed by atoms with Gasteiger partial charge < -0.3 is 72.2 Å². The molecule has 0 amide bonds. The van der Waals surface area contributed by atoms with E-state index in [0.717, 1.165) is 175 Å². The summed E-state index contributed by atoms with van der Waals surface area (Å²) in [5.74, 6) is 2.76. The topological polar surface area (TPSA) is 338 Å². The van der Waals surface area contributed by atoms with E-state index in [-0.39, 0.29) is 35.9 Å². The molecule has 2 saturated heterocycles. The number of nitrogen functional groups attached to an aromatic ring is 2. The molecule has 0 spiro atoms. The van der Waals surface area contributed by atoms with Crippen molar-refractivity contribution in [2.24, 2.45) is 5.73 Å². The number of ether oxygens (including phenoxy) is 6. The van der Waals surface area contributed by atoms with Crippen LogP contribution in [0.3, 0.4) is 0 Å². The fourth-order valence-electron chi connectivity index (χ4n) is 11.0. The van der Waals surface area contributed by atoms with Crippen LogP contribution in [0.15, 0.2) is 102 Å². The molecule has 548 valence electrons. The summed E-state index contributed by atoms with van der Waals surface area (Å²) in [7, 11) is 6.71. The number of aromatic nitrogens is 12. The third kappa shape index (κ3) is 21.5. The number of methoxy groups -OCH3 is 4. The maximum Gasteiger partial charge on any atom is 0.150 e. The van der Waals surface area contributed by atoms with Gasteiger partial charge in [-0.05, 0) is 151 Å². The van der Waals surface area contributed by atoms with E-state index < -0.39 is 0 Å². The van der Waals surface area contributed by atoms with Crippen molar-refractivity contribution in [1.29, 1.82) is 0 Å². The zero-order valence-corrected chi connectivity index (χ0v) is 64.9. The first kappa shape index (κ1) is 78.5. The van der Waals surface area contributed by atoms with Gasteiger partial charge in [-0.25, -0.2) is 29.3 Å². The van der Waals surface area contributed by atoms with Crippen molar-refractivity contribution in [2.75, 3.05) is 132 Å². The van der Waals surface area contributed by atoms with Crippen LogP contribution >= 0.6 is 73.7 Å². The second-order valence-corrected chi connectivity index (χ2v) is 30.8. The predicted molar refractivity (Wildman–Crippen MR) is 426 cm³/mol. The Morgan fingerprint density at radius 3 is 1.28 bits per heavy atom. The quantitative estimate of drug-likeness (QED) is 0.0282. The number of anilines is 7. The average Bonchev–Trinajstić information content (AvgIpc) is 1.64. The molecule has 12 aromatic rings. The largest absolute Gasteiger partial charge is 0.384 e. The normalized spacial score (nSPS) is 14.5. The lowest BCUT2D eigenvalue weighted by atomic mass is 10.1. The molecule has 0 bridgehead atoms. The Morgan fingerprint density at radius 2 is 0.902 bits per heavy atom. The maximum absolute atomic E-state index is 5.97. The third-order valence-corrected chi connectivity index (χ3v) is 21.0. The van der Waals surface area contributed by atoms with E-state index in [9.17, 15) is 0 Å². The number of nitrogens with two attached hydrogens (primary N) is 3. The zero-order valence-electron chi connectivity index (χ0n) is 59.3. The van der Waals surface area contributed by atoms with Crippen molar-refractivity contribution in [2.45, 2.75) is 104 Å². The molecule has 14 heterocycles. The smallest absolute Gasteiger partial charge is 0.150 e. The fraction of sp³-hybridized carbons (Fsp3) is 0.429. The molecule has 102 heavy (non-hydrogen) atoms. The standard InChI is InChI=1S/C22H31N5O2S.C19H23BrN4OS.2C13H15N5OS.C3H9NO.ClH/c1-22(2,3)26-19-14-15(23-10-12-28-4)21-16(25-19)13-18(30-21)17-8-9-24-27(17)20-7-5-6-11-29-20;1-19(2,3)23-16-10-12(20)18-13(22-16)11-15(26-18)14-7-8-21-24(14)17-6-4-5-9-25-17;2*1-19-5-4-15-9-7-12(14)17-10-6-11(20-13(9)10)8-2-3-16-18-8;1-5-3-2-4;/h8-9,13-14,20H,5-7,10-12H2,1-4H3,(H2,23,25,26);7-8,10-11,17H,4-6,9H2,1-3H3,(H,22,23);2*2-3,6-7H,4-5H2,1H3,(H,16,18)(H3,14,15,17);2-4H2,1H3;1H. The molecule has 32 heteroatoms. The van der Waals surface area contributed by atoms with Gasteiger partial charge in [0.25, 0.3) is 0 Å². The molecule has 0 saturated carbocycles. The van der Waals surface area contributed by atoms with Crippen LogP contribution in [0.25, 0.3) is 83.2 Å². The molecule has 2 aliphatic rings. The van der Waals surface area contributed by atoms with Gasteiger partial charge in [-0.1, -0.05) is 0 Å². The highest BCUT2D eigenvalue weighted by Gasteiger charge is 2.25. The number of hydrogen-bond acceptors (Lipinski definition) is 26. The first-order valence-corrected chi connectivity index (χ1v) is 37.6. The molecule has 13 N–H and O–H groups in total. The number of halogens is 2. The fourth-order valence-corrected chi connectivity index (χ4v) is 15.9. The highest BCUT2D eigenvalue weighted by atomic mass is 79.9. The van der Waals surface area contributed by atoms with Crippen molar-refractivity contribution < 1.29 is 28.4 Å². The number of nitrogens with one attached hydrogen (secondary N) is 7. The molecular formula is C70H94BrClN20O6S4. The molecule has 26 nitrogen and oxygen atoms in total. The highest BCUT2D eigenvalue weighted by Crippen LogP contribution is 2.43. The average molecular weight is 1560 g/mol. The summed E-state index contributed by atoms with van der Waals surface area (Å²) in [6, 6.07) is 24.2. The molecule has 2 unspecified atom stereocenters. The van der Waals surface area contributed by atoms with Crippen LogP contribution < -0.4 is 43.8 Å². The zero-order chi connectivity index (χ0) is 71.5. The van der Waals surface area contributed by atoms with Crippen LogP contribution in [-0.4, -0.2) is 165 Å². The van der Waals surface area contributed by atoms with E-state index >= 15 is 0 Å². The van der Waals surface area contributed by atoms with Gasteiger partial charge >= 0.3 is 0 Å². The molecule has 0 aromatic carbocycles. The first-order valence-electron chi connectivity index (χ1n) is 33.5. The molecule has 0 aliphatic carbocycles. The van der Waals surface area contributed by atoms with Gasteiger partial charge in [0.05, 0.1) is 127 Å². The minimum Gasteiger partial charge on any atom is -0.384 e. The number of rotatable bonds is 22. The minimum atomic E-state index is -0.0692. The van der Waals surface area contributed by atoms with Crippen LogP contribution in [0.5, 0.6) is 0 Å². The first-order chi connectivity index (χ1) is 48.8. The Hall–Kier alpha value is -7.63. The van der Waals surface area contributed by atoms with E-state index in [2.05, 4.69) is 166 Å². The summed E-state index contributed by atoms with van der Waals surface area (Å²) in [6.45, 7) is 19.8. The lowest BCUT2D eigenvalue weighted by Crippen LogP contribution is -2.26. The maximum atomic E-state index is 5.97. The van der Waals surface area contributed by atoms with Crippen molar-refractivity contribution in [3.63, 3.8) is 0 Å². The van der Waals surface area contributed by atoms with Crippen LogP contribution in [-0.2, 0) is 28.4 Å². The predicted octanol–water partition coefficient (Wildman–Crippen LogP) is 15.6. The van der Waals surface area contributed by atoms with Crippen LogP contribution in [0, 0.1) is 0 Å². The number of nitrogens with zero attached hydrogens (tertiary/aromatic N) is 10. The van der Waals surface area contributed by atoms with Crippen molar-refractivity contribution >= 4 is 155 Å². The second-order valence-electron chi connectivity index (χ2n) is 25.7. The molecule has 2 aliphatic heterocycles. The molecule has 2 atom stereocenters. The third-order valence-electron chi connectivity index (χ3n) is 15.3. The Bertz CT molecular complexity index is 4390. The summed E-state index contributed by atoms with van der Waals surface area (Å²) in [5, 5.41) is 40.1. The van der Waals surface area contributed by atoms with E-state index in [1.165, 1.54) is 12.8 Å². The Labute approximate surface area is 624 Å².